The highest BCUT2D eigenvalue weighted by molar-refractivity contribution is 6.01. The van der Waals surface area contributed by atoms with E-state index in [2.05, 4.69) is 69.2 Å². The molecule has 3 fully saturated rings. The second kappa shape index (κ2) is 17.4. The molecule has 3 amide bonds. The lowest BCUT2D eigenvalue weighted by Gasteiger charge is -2.47. The molecule has 18 heteroatoms. The van der Waals surface area contributed by atoms with Gasteiger partial charge in [-0.3, -0.25) is 38.6 Å². The number of aromatic nitrogens is 6. The van der Waals surface area contributed by atoms with E-state index in [0.717, 1.165) is 69.0 Å². The van der Waals surface area contributed by atoms with E-state index in [1.54, 1.807) is 42.9 Å². The van der Waals surface area contributed by atoms with Crippen LogP contribution in [0.25, 0.3) is 22.4 Å². The Morgan fingerprint density at radius 2 is 1.65 bits per heavy atom. The molecule has 9 rings (SSSR count). The Morgan fingerprint density at radius 3 is 2.37 bits per heavy atom. The number of benzene rings is 2. The number of piperidine rings is 2. The van der Waals surface area contributed by atoms with E-state index in [1.807, 2.05) is 18.3 Å². The largest absolute Gasteiger partial charge is 0.494 e. The molecule has 0 spiro atoms. The van der Waals surface area contributed by atoms with Crippen molar-refractivity contribution in [2.45, 2.75) is 50.2 Å². The molecular weight excluding hydrogens is 808 g/mol. The third-order valence-electron chi connectivity index (χ3n) is 12.3. The fraction of sp³-hybridized carbons (Fsp3) is 0.333. The number of imidazole rings is 1. The Hall–Kier alpha value is -7.05. The molecule has 0 aliphatic carbocycles. The molecule has 3 aliphatic rings. The van der Waals surface area contributed by atoms with Gasteiger partial charge in [-0.15, -0.1) is 0 Å². The van der Waals surface area contributed by atoms with E-state index in [1.165, 1.54) is 23.4 Å². The van der Waals surface area contributed by atoms with Gasteiger partial charge in [0.1, 0.15) is 17.7 Å². The summed E-state index contributed by atoms with van der Waals surface area (Å²) in [5.74, 6) is 0.516. The minimum atomic E-state index is -0.693. The molecule has 324 valence electrons. The van der Waals surface area contributed by atoms with Crippen molar-refractivity contribution < 1.29 is 23.5 Å². The number of fused-ring (bicyclic) bond motifs is 1. The number of anilines is 4. The van der Waals surface area contributed by atoms with Gasteiger partial charge in [0.15, 0.2) is 17.4 Å². The fourth-order valence-electron chi connectivity index (χ4n) is 8.88. The Bertz CT molecular complexity index is 2760. The lowest BCUT2D eigenvalue weighted by molar-refractivity contribution is -0.135. The number of aryl methyl sites for hydroxylation is 1. The summed E-state index contributed by atoms with van der Waals surface area (Å²) in [6.07, 6.45) is 8.21. The summed E-state index contributed by atoms with van der Waals surface area (Å²) in [5.41, 5.74) is 5.39. The van der Waals surface area contributed by atoms with Crippen LogP contribution >= 0.6 is 0 Å². The first-order chi connectivity index (χ1) is 30.6. The summed E-state index contributed by atoms with van der Waals surface area (Å²) in [7, 11) is 4.79. The zero-order valence-electron chi connectivity index (χ0n) is 35.1. The highest BCUT2D eigenvalue weighted by atomic mass is 19.1. The van der Waals surface area contributed by atoms with Crippen LogP contribution in [0.2, 0.25) is 0 Å². The van der Waals surface area contributed by atoms with E-state index < -0.39 is 17.8 Å². The minimum absolute atomic E-state index is 0.213. The number of methoxy groups -OCH3 is 1. The van der Waals surface area contributed by atoms with Crippen molar-refractivity contribution in [3.63, 3.8) is 0 Å². The lowest BCUT2D eigenvalue weighted by atomic mass is 9.87. The lowest BCUT2D eigenvalue weighted by Crippen LogP contribution is -2.54. The maximum Gasteiger partial charge on any atom is 0.329 e. The van der Waals surface area contributed by atoms with Gasteiger partial charge in [-0.05, 0) is 73.8 Å². The molecule has 7 heterocycles. The Morgan fingerprint density at radius 1 is 0.873 bits per heavy atom. The van der Waals surface area contributed by atoms with Crippen LogP contribution in [-0.4, -0.2) is 103 Å². The molecule has 0 bridgehead atoms. The molecule has 17 nitrogen and oxygen atoms in total. The van der Waals surface area contributed by atoms with Crippen molar-refractivity contribution in [2.75, 3.05) is 51.0 Å². The van der Waals surface area contributed by atoms with E-state index >= 15 is 0 Å². The van der Waals surface area contributed by atoms with Crippen LogP contribution in [0.15, 0.2) is 84.2 Å². The van der Waals surface area contributed by atoms with Crippen LogP contribution < -0.4 is 31.7 Å². The summed E-state index contributed by atoms with van der Waals surface area (Å²) in [4.78, 5) is 72.8. The van der Waals surface area contributed by atoms with Crippen molar-refractivity contribution in [2.24, 2.45) is 7.05 Å². The zero-order valence-corrected chi connectivity index (χ0v) is 35.1. The first-order valence-corrected chi connectivity index (χ1v) is 20.9. The molecule has 6 aromatic rings. The van der Waals surface area contributed by atoms with E-state index in [9.17, 15) is 23.6 Å². The SMILES string of the molecule is CNC(=O)c1cnc(Nc2ccc(CN3CCC(N4CC(c5ccc6c(c5)n(C)c(=O)n6C5CCC(=O)NC5=O)C4)CC3)cn2)cc1Nc1cccc(-c2ncc(F)cn2)c1OC. The predicted octanol–water partition coefficient (Wildman–Crippen LogP) is 4.62. The molecular formula is C45H47FN12O5. The quantitative estimate of drug-likeness (QED) is 0.125. The maximum absolute atomic E-state index is 13.6. The van der Waals surface area contributed by atoms with Gasteiger partial charge in [0.25, 0.3) is 5.91 Å². The molecule has 1 atom stereocenters. The second-order valence-corrected chi connectivity index (χ2v) is 16.2. The number of carbonyl (C=O) groups excluding carboxylic acids is 3. The fourth-order valence-corrected chi connectivity index (χ4v) is 8.88. The van der Waals surface area contributed by atoms with Crippen LogP contribution in [0.4, 0.5) is 27.4 Å². The first kappa shape index (κ1) is 41.3. The average Bonchev–Trinajstić information content (AvgIpc) is 3.52. The van der Waals surface area contributed by atoms with Gasteiger partial charge in [-0.1, -0.05) is 18.2 Å². The number of pyridine rings is 2. The number of likely N-dealkylation sites (tertiary alicyclic amines) is 2. The summed E-state index contributed by atoms with van der Waals surface area (Å²) in [5, 5.41) is 11.6. The molecule has 4 N–H and O–H groups in total. The molecule has 3 saturated heterocycles. The number of hydrogen-bond donors (Lipinski definition) is 4. The topological polar surface area (TPSA) is 194 Å². The number of nitrogens with one attached hydrogen (secondary N) is 4. The number of carbonyl (C=O) groups is 3. The maximum atomic E-state index is 13.6. The number of para-hydroxylation sites is 1. The molecule has 63 heavy (non-hydrogen) atoms. The Labute approximate surface area is 361 Å². The van der Waals surface area contributed by atoms with Crippen molar-refractivity contribution >= 4 is 51.8 Å². The van der Waals surface area contributed by atoms with Crippen molar-refractivity contribution in [1.82, 2.24) is 49.5 Å². The monoisotopic (exact) mass is 854 g/mol. The summed E-state index contributed by atoms with van der Waals surface area (Å²) in [6.45, 7) is 4.68. The number of hydrogen-bond acceptors (Lipinski definition) is 13. The normalized spacial score (nSPS) is 17.6. The van der Waals surface area contributed by atoms with Gasteiger partial charge in [-0.2, -0.15) is 0 Å². The van der Waals surface area contributed by atoms with Crippen LogP contribution in [0.5, 0.6) is 5.75 Å². The molecule has 4 aromatic heterocycles. The van der Waals surface area contributed by atoms with Crippen LogP contribution in [-0.2, 0) is 23.2 Å². The van der Waals surface area contributed by atoms with E-state index in [-0.39, 0.29) is 29.7 Å². The number of halogens is 1. The third kappa shape index (κ3) is 8.34. The van der Waals surface area contributed by atoms with Gasteiger partial charge in [0.05, 0.1) is 53.0 Å². The highest BCUT2D eigenvalue weighted by Crippen LogP contribution is 2.38. The van der Waals surface area contributed by atoms with E-state index in [0.29, 0.717) is 63.8 Å². The summed E-state index contributed by atoms with van der Waals surface area (Å²) >= 11 is 0. The van der Waals surface area contributed by atoms with Gasteiger partial charge in [0, 0.05) is 70.6 Å². The number of imide groups is 1. The van der Waals surface area contributed by atoms with Crippen molar-refractivity contribution in [1.29, 1.82) is 0 Å². The first-order valence-electron chi connectivity index (χ1n) is 20.9. The standard InChI is InChI=1S/C45H47FN12O5/c1-47-43(60)32-22-49-39(18-34(32)52-33-6-4-5-31(41(33)63-3)42-50-20-29(46)21-51-42)53-38-11-7-26(19-48-38)23-56-15-13-30(14-16-56)57-24-28(25-57)27-8-9-35-37(17-27)55(2)45(62)58(35)36-10-12-40(59)54-44(36)61/h4-9,11,17-22,28,30,36H,10,12-16,23-25H2,1-3H3,(H,47,60)(H,54,59,61)(H2,48,49,52,53). The second-order valence-electron chi connectivity index (χ2n) is 16.2. The average molecular weight is 855 g/mol. The molecule has 0 radical (unpaired) electrons. The van der Waals surface area contributed by atoms with Crippen LogP contribution in [0.1, 0.15) is 59.1 Å². The minimum Gasteiger partial charge on any atom is -0.494 e. The molecule has 0 saturated carbocycles. The van der Waals surface area contributed by atoms with Gasteiger partial charge in [-0.25, -0.2) is 29.1 Å². The van der Waals surface area contributed by atoms with Crippen LogP contribution in [0.3, 0.4) is 0 Å². The zero-order chi connectivity index (χ0) is 43.8. The third-order valence-corrected chi connectivity index (χ3v) is 12.3. The highest BCUT2D eigenvalue weighted by Gasteiger charge is 2.36. The number of rotatable bonds is 12. The smallest absolute Gasteiger partial charge is 0.329 e. The molecule has 3 aliphatic heterocycles. The van der Waals surface area contributed by atoms with Crippen molar-refractivity contribution in [3.05, 3.63) is 112 Å². The number of amides is 3. The predicted molar refractivity (Wildman–Crippen MR) is 234 cm³/mol. The summed E-state index contributed by atoms with van der Waals surface area (Å²) in [6, 6.07) is 17.0. The van der Waals surface area contributed by atoms with Crippen LogP contribution in [0, 0.1) is 5.82 Å². The van der Waals surface area contributed by atoms with Gasteiger partial charge in [0.2, 0.25) is 11.8 Å². The summed E-state index contributed by atoms with van der Waals surface area (Å²) < 4.78 is 22.4. The van der Waals surface area contributed by atoms with Gasteiger partial charge < -0.3 is 20.7 Å². The Kier molecular flexibility index (Phi) is 11.4. The van der Waals surface area contributed by atoms with Crippen molar-refractivity contribution in [3.8, 4) is 17.1 Å². The van der Waals surface area contributed by atoms with E-state index in [4.69, 9.17) is 4.74 Å². The van der Waals surface area contributed by atoms with Gasteiger partial charge >= 0.3 is 5.69 Å². The number of nitrogens with zero attached hydrogens (tertiary/aromatic N) is 8. The molecule has 1 unspecified atom stereocenters. The number of ether oxygens (including phenoxy) is 1. The molecule has 2 aromatic carbocycles. The Balaban J connectivity index is 0.791.